The zero-order valence-corrected chi connectivity index (χ0v) is 16.9. The van der Waals surface area contributed by atoms with E-state index in [9.17, 15) is 13.2 Å². The second-order valence-corrected chi connectivity index (χ2v) is 8.45. The summed E-state index contributed by atoms with van der Waals surface area (Å²) in [6.07, 6.45) is 0. The summed E-state index contributed by atoms with van der Waals surface area (Å²) in [7, 11) is -3.76. The molecule has 3 aromatic carbocycles. The fourth-order valence-corrected chi connectivity index (χ4v) is 3.94. The van der Waals surface area contributed by atoms with Crippen LogP contribution in [0.4, 0.5) is 5.69 Å². The molecule has 0 aliphatic carbocycles. The average molecular weight is 435 g/mol. The minimum Gasteiger partial charge on any atom is -0.348 e. The summed E-state index contributed by atoms with van der Waals surface area (Å²) in [4.78, 5) is 12.4. The van der Waals surface area contributed by atoms with Crippen LogP contribution in [0.2, 0.25) is 10.0 Å². The summed E-state index contributed by atoms with van der Waals surface area (Å²) in [6, 6.07) is 19.4. The molecule has 2 N–H and O–H groups in total. The zero-order chi connectivity index (χ0) is 20.1. The molecule has 8 heteroatoms. The standard InChI is InChI=1S/C20H16Cl2N2O3S/c21-16-9-6-14(7-10-16)13-23-20(25)15-8-11-19(18(22)12-15)24-28(26,27)17-4-2-1-3-5-17/h1-12,24H,13H2,(H,23,25). The Kier molecular flexibility index (Phi) is 6.24. The van der Waals surface area contributed by atoms with Crippen molar-refractivity contribution < 1.29 is 13.2 Å². The van der Waals surface area contributed by atoms with E-state index in [4.69, 9.17) is 23.2 Å². The van der Waals surface area contributed by atoms with Crippen molar-refractivity contribution in [2.45, 2.75) is 11.4 Å². The first-order valence-electron chi connectivity index (χ1n) is 8.25. The number of carbonyl (C=O) groups is 1. The number of rotatable bonds is 6. The molecule has 0 bridgehead atoms. The van der Waals surface area contributed by atoms with Crippen LogP contribution in [-0.2, 0) is 16.6 Å². The van der Waals surface area contributed by atoms with Gasteiger partial charge in [0.05, 0.1) is 15.6 Å². The highest BCUT2D eigenvalue weighted by molar-refractivity contribution is 7.92. The lowest BCUT2D eigenvalue weighted by Crippen LogP contribution is -2.22. The molecule has 0 saturated heterocycles. The van der Waals surface area contributed by atoms with Gasteiger partial charge in [0.1, 0.15) is 0 Å². The van der Waals surface area contributed by atoms with E-state index >= 15 is 0 Å². The molecule has 3 rings (SSSR count). The highest BCUT2D eigenvalue weighted by Crippen LogP contribution is 2.26. The van der Waals surface area contributed by atoms with E-state index in [0.29, 0.717) is 17.1 Å². The fourth-order valence-electron chi connectivity index (χ4n) is 2.43. The second-order valence-electron chi connectivity index (χ2n) is 5.92. The Morgan fingerprint density at radius 2 is 1.57 bits per heavy atom. The summed E-state index contributed by atoms with van der Waals surface area (Å²) in [6.45, 7) is 0.329. The number of amides is 1. The van der Waals surface area contributed by atoms with Gasteiger partial charge in [0, 0.05) is 17.1 Å². The maximum atomic E-state index is 12.4. The topological polar surface area (TPSA) is 75.3 Å². The molecule has 1 amide bonds. The van der Waals surface area contributed by atoms with Gasteiger partial charge >= 0.3 is 0 Å². The number of anilines is 1. The van der Waals surface area contributed by atoms with Crippen LogP contribution in [-0.4, -0.2) is 14.3 Å². The minimum absolute atomic E-state index is 0.121. The Labute approximate surface area is 173 Å². The van der Waals surface area contributed by atoms with E-state index in [-0.39, 0.29) is 21.5 Å². The largest absolute Gasteiger partial charge is 0.348 e. The van der Waals surface area contributed by atoms with E-state index in [2.05, 4.69) is 10.0 Å². The molecule has 0 radical (unpaired) electrons. The lowest BCUT2D eigenvalue weighted by Gasteiger charge is -2.11. The van der Waals surface area contributed by atoms with Gasteiger partial charge in [-0.3, -0.25) is 9.52 Å². The third-order valence-corrected chi connectivity index (χ3v) is 5.84. The smallest absolute Gasteiger partial charge is 0.261 e. The van der Waals surface area contributed by atoms with Gasteiger partial charge in [-0.15, -0.1) is 0 Å². The van der Waals surface area contributed by atoms with Crippen LogP contribution in [0.5, 0.6) is 0 Å². The van der Waals surface area contributed by atoms with Crippen molar-refractivity contribution >= 4 is 44.8 Å². The molecular weight excluding hydrogens is 419 g/mol. The van der Waals surface area contributed by atoms with Gasteiger partial charge in [-0.25, -0.2) is 8.42 Å². The second kappa shape index (κ2) is 8.65. The Bertz CT molecular complexity index is 1090. The van der Waals surface area contributed by atoms with Crippen molar-refractivity contribution in [3.05, 3.63) is 94.0 Å². The first-order chi connectivity index (χ1) is 13.3. The van der Waals surface area contributed by atoms with Gasteiger partial charge in [0.15, 0.2) is 0 Å². The molecule has 0 saturated carbocycles. The summed E-state index contributed by atoms with van der Waals surface area (Å²) >= 11 is 12.0. The zero-order valence-electron chi connectivity index (χ0n) is 14.5. The molecule has 0 aliphatic heterocycles. The predicted molar refractivity (Wildman–Crippen MR) is 111 cm³/mol. The van der Waals surface area contributed by atoms with E-state index in [1.165, 1.54) is 30.3 Å². The SMILES string of the molecule is O=C(NCc1ccc(Cl)cc1)c1ccc(NS(=O)(=O)c2ccccc2)c(Cl)c1. The molecule has 0 atom stereocenters. The molecule has 28 heavy (non-hydrogen) atoms. The molecule has 0 unspecified atom stereocenters. The van der Waals surface area contributed by atoms with Crippen molar-refractivity contribution in [1.82, 2.24) is 5.32 Å². The Hall–Kier alpha value is -2.54. The predicted octanol–water partition coefficient (Wildman–Crippen LogP) is 4.72. The average Bonchev–Trinajstić information content (AvgIpc) is 2.69. The molecule has 0 fully saturated rings. The maximum absolute atomic E-state index is 12.4. The Morgan fingerprint density at radius 3 is 2.21 bits per heavy atom. The lowest BCUT2D eigenvalue weighted by molar-refractivity contribution is 0.0951. The number of sulfonamides is 1. The maximum Gasteiger partial charge on any atom is 0.261 e. The van der Waals surface area contributed by atoms with Crippen LogP contribution >= 0.6 is 23.2 Å². The number of hydrogen-bond acceptors (Lipinski definition) is 3. The van der Waals surface area contributed by atoms with Gasteiger partial charge in [-0.1, -0.05) is 53.5 Å². The van der Waals surface area contributed by atoms with Crippen molar-refractivity contribution in [1.29, 1.82) is 0 Å². The van der Waals surface area contributed by atoms with Gasteiger partial charge in [-0.2, -0.15) is 0 Å². The first-order valence-corrected chi connectivity index (χ1v) is 10.5. The quantitative estimate of drug-likeness (QED) is 0.588. The van der Waals surface area contributed by atoms with Crippen LogP contribution < -0.4 is 10.0 Å². The first kappa shape index (κ1) is 20.2. The molecular formula is C20H16Cl2N2O3S. The Morgan fingerprint density at radius 1 is 0.893 bits per heavy atom. The van der Waals surface area contributed by atoms with Gasteiger partial charge in [0.2, 0.25) is 0 Å². The third-order valence-electron chi connectivity index (χ3n) is 3.90. The number of hydrogen-bond donors (Lipinski definition) is 2. The fraction of sp³-hybridized carbons (Fsp3) is 0.0500. The van der Waals surface area contributed by atoms with Crippen molar-refractivity contribution in [3.63, 3.8) is 0 Å². The van der Waals surface area contributed by atoms with E-state index in [1.807, 2.05) is 12.1 Å². The summed E-state index contributed by atoms with van der Waals surface area (Å²) in [5.41, 5.74) is 1.41. The van der Waals surface area contributed by atoms with Gasteiger partial charge < -0.3 is 5.32 Å². The molecule has 0 heterocycles. The number of halogens is 2. The van der Waals surface area contributed by atoms with Crippen molar-refractivity contribution in [3.8, 4) is 0 Å². The summed E-state index contributed by atoms with van der Waals surface area (Å²) in [5.74, 6) is -0.325. The highest BCUT2D eigenvalue weighted by atomic mass is 35.5. The van der Waals surface area contributed by atoms with E-state index in [1.54, 1.807) is 30.3 Å². The van der Waals surface area contributed by atoms with E-state index in [0.717, 1.165) is 5.56 Å². The molecule has 0 spiro atoms. The van der Waals surface area contributed by atoms with Crippen molar-refractivity contribution in [2.24, 2.45) is 0 Å². The normalized spacial score (nSPS) is 11.1. The molecule has 0 aromatic heterocycles. The molecule has 144 valence electrons. The van der Waals surface area contributed by atoms with Crippen LogP contribution in [0.1, 0.15) is 15.9 Å². The highest BCUT2D eigenvalue weighted by Gasteiger charge is 2.16. The molecule has 0 aliphatic rings. The Balaban J connectivity index is 1.69. The lowest BCUT2D eigenvalue weighted by atomic mass is 10.2. The number of benzene rings is 3. The van der Waals surface area contributed by atoms with Crippen LogP contribution in [0.3, 0.4) is 0 Å². The van der Waals surface area contributed by atoms with E-state index < -0.39 is 10.0 Å². The van der Waals surface area contributed by atoms with Crippen molar-refractivity contribution in [2.75, 3.05) is 4.72 Å². The van der Waals surface area contributed by atoms with Gasteiger partial charge in [0.25, 0.3) is 15.9 Å². The van der Waals surface area contributed by atoms with Crippen LogP contribution in [0.15, 0.2) is 77.7 Å². The third kappa shape index (κ3) is 5.04. The summed E-state index contributed by atoms with van der Waals surface area (Å²) < 4.78 is 27.2. The van der Waals surface area contributed by atoms with Gasteiger partial charge in [-0.05, 0) is 48.0 Å². The minimum atomic E-state index is -3.76. The van der Waals surface area contributed by atoms with Crippen LogP contribution in [0.25, 0.3) is 0 Å². The summed E-state index contributed by atoms with van der Waals surface area (Å²) in [5, 5.41) is 3.52. The monoisotopic (exact) mass is 434 g/mol. The van der Waals surface area contributed by atoms with Crippen LogP contribution in [0, 0.1) is 0 Å². The molecule has 3 aromatic rings. The molecule has 5 nitrogen and oxygen atoms in total. The number of carbonyl (C=O) groups excluding carboxylic acids is 1. The number of nitrogens with one attached hydrogen (secondary N) is 2.